The molecule has 2 heterocycles. The van der Waals surface area contributed by atoms with E-state index in [4.69, 9.17) is 0 Å². The molecule has 0 atom stereocenters. The normalized spacial score (nSPS) is 11.4. The van der Waals surface area contributed by atoms with Crippen molar-refractivity contribution in [1.29, 1.82) is 0 Å². The number of hydrogen-bond acceptors (Lipinski definition) is 4. The van der Waals surface area contributed by atoms with Crippen LogP contribution in [0.5, 0.6) is 0 Å². The molecule has 1 amide bonds. The molecular formula is C13H17N5O2. The highest BCUT2D eigenvalue weighted by atomic mass is 16.2. The molecular weight excluding hydrogens is 258 g/mol. The van der Waals surface area contributed by atoms with Crippen LogP contribution in [0, 0.1) is 0 Å². The molecule has 0 saturated carbocycles. The lowest BCUT2D eigenvalue weighted by molar-refractivity contribution is 0.101. The molecule has 0 radical (unpaired) electrons. The van der Waals surface area contributed by atoms with E-state index in [0.29, 0.717) is 11.5 Å². The van der Waals surface area contributed by atoms with Crippen molar-refractivity contribution in [3.05, 3.63) is 40.3 Å². The Hall–Kier alpha value is -2.44. The van der Waals surface area contributed by atoms with Gasteiger partial charge < -0.3 is 9.88 Å². The number of nitrogens with one attached hydrogen (secondary N) is 2. The van der Waals surface area contributed by atoms with Crippen molar-refractivity contribution in [1.82, 2.24) is 19.7 Å². The van der Waals surface area contributed by atoms with Crippen LogP contribution in [0.4, 0.5) is 5.69 Å². The number of pyridine rings is 1. The molecule has 0 aliphatic rings. The molecule has 0 aromatic carbocycles. The lowest BCUT2D eigenvalue weighted by atomic mass is 9.96. The summed E-state index contributed by atoms with van der Waals surface area (Å²) in [6.45, 7) is 5.92. The van der Waals surface area contributed by atoms with Gasteiger partial charge in [-0.05, 0) is 6.07 Å². The van der Waals surface area contributed by atoms with Gasteiger partial charge in [0.1, 0.15) is 5.82 Å². The van der Waals surface area contributed by atoms with Crippen LogP contribution in [0.1, 0.15) is 37.2 Å². The second-order valence-corrected chi connectivity index (χ2v) is 5.58. The Morgan fingerprint density at radius 1 is 1.35 bits per heavy atom. The molecule has 2 rings (SSSR count). The van der Waals surface area contributed by atoms with Crippen LogP contribution < -0.4 is 10.9 Å². The van der Waals surface area contributed by atoms with Gasteiger partial charge >= 0.3 is 0 Å². The fourth-order valence-electron chi connectivity index (χ4n) is 1.55. The van der Waals surface area contributed by atoms with Crippen molar-refractivity contribution in [2.24, 2.45) is 7.05 Å². The maximum Gasteiger partial charge on any atom is 0.295 e. The number of rotatable bonds is 2. The number of carbonyl (C=O) groups excluding carboxylic acids is 1. The molecule has 0 bridgehead atoms. The molecule has 0 saturated heterocycles. The molecule has 0 fully saturated rings. The largest absolute Gasteiger partial charge is 0.318 e. The Morgan fingerprint density at radius 2 is 2.05 bits per heavy atom. The Kier molecular flexibility index (Phi) is 3.44. The van der Waals surface area contributed by atoms with Gasteiger partial charge in [-0.2, -0.15) is 0 Å². The summed E-state index contributed by atoms with van der Waals surface area (Å²) in [5.41, 5.74) is 0.164. The molecule has 0 spiro atoms. The summed E-state index contributed by atoms with van der Waals surface area (Å²) in [6.07, 6.45) is 1.54. The van der Waals surface area contributed by atoms with Gasteiger partial charge in [-0.25, -0.2) is 4.98 Å². The second kappa shape index (κ2) is 4.92. The summed E-state index contributed by atoms with van der Waals surface area (Å²) in [5.74, 6) is 0.294. The molecule has 0 unspecified atom stereocenters. The van der Waals surface area contributed by atoms with Crippen LogP contribution in [0.25, 0.3) is 0 Å². The lowest BCUT2D eigenvalue weighted by Gasteiger charge is -2.12. The number of H-pyrrole nitrogens is 1. The molecule has 7 heteroatoms. The first kappa shape index (κ1) is 14.0. The predicted octanol–water partition coefficient (Wildman–Crippen LogP) is 1.05. The van der Waals surface area contributed by atoms with Gasteiger partial charge in [0.15, 0.2) is 0 Å². The molecule has 0 aliphatic carbocycles. The number of nitrogens with zero attached hydrogens (tertiary/aromatic N) is 3. The average Bonchev–Trinajstić information content (AvgIpc) is 2.83. The number of anilines is 1. The first-order valence-corrected chi connectivity index (χ1v) is 6.18. The first-order valence-electron chi connectivity index (χ1n) is 6.18. The van der Waals surface area contributed by atoms with Crippen molar-refractivity contribution in [2.45, 2.75) is 26.2 Å². The highest BCUT2D eigenvalue weighted by molar-refractivity contribution is 6.01. The van der Waals surface area contributed by atoms with E-state index in [0.717, 1.165) is 0 Å². The van der Waals surface area contributed by atoms with E-state index in [1.807, 2.05) is 20.8 Å². The molecule has 20 heavy (non-hydrogen) atoms. The third-order valence-electron chi connectivity index (χ3n) is 2.74. The maximum atomic E-state index is 12.0. The average molecular weight is 275 g/mol. The number of carbonyl (C=O) groups is 1. The Labute approximate surface area is 116 Å². The Morgan fingerprint density at radius 3 is 2.60 bits per heavy atom. The van der Waals surface area contributed by atoms with E-state index in [2.05, 4.69) is 20.5 Å². The minimum atomic E-state index is -0.421. The third kappa shape index (κ3) is 2.93. The summed E-state index contributed by atoms with van der Waals surface area (Å²) in [4.78, 5) is 27.4. The summed E-state index contributed by atoms with van der Waals surface area (Å²) in [7, 11) is 1.61. The molecule has 0 aliphatic heterocycles. The van der Waals surface area contributed by atoms with Crippen molar-refractivity contribution < 1.29 is 4.79 Å². The Balaban J connectivity index is 2.18. The van der Waals surface area contributed by atoms with Gasteiger partial charge in [-0.15, -0.1) is 5.10 Å². The molecule has 2 aromatic rings. The van der Waals surface area contributed by atoms with Gasteiger partial charge in [-0.3, -0.25) is 14.7 Å². The lowest BCUT2D eigenvalue weighted by Crippen LogP contribution is -2.19. The molecule has 7 nitrogen and oxygen atoms in total. The number of aromatic amines is 1. The van der Waals surface area contributed by atoms with Crippen LogP contribution >= 0.6 is 0 Å². The van der Waals surface area contributed by atoms with Crippen LogP contribution in [0.2, 0.25) is 0 Å². The standard InChI is InChI=1S/C13H17N5O2/c1-13(2,3)12-15-10(16-17-12)11(20)14-8-5-6-9(19)18(4)7-8/h5-7H,1-4H3,(H,14,20)(H,15,16,17). The minimum absolute atomic E-state index is 0.0729. The van der Waals surface area contributed by atoms with Gasteiger partial charge in [0.05, 0.1) is 5.69 Å². The van der Waals surface area contributed by atoms with Gasteiger partial charge in [0.25, 0.3) is 5.91 Å². The third-order valence-corrected chi connectivity index (χ3v) is 2.74. The second-order valence-electron chi connectivity index (χ2n) is 5.58. The monoisotopic (exact) mass is 275 g/mol. The van der Waals surface area contributed by atoms with Crippen molar-refractivity contribution in [3.63, 3.8) is 0 Å². The Bertz CT molecular complexity index is 693. The van der Waals surface area contributed by atoms with Crippen LogP contribution in [0.3, 0.4) is 0 Å². The van der Waals surface area contributed by atoms with Crippen molar-refractivity contribution >= 4 is 11.6 Å². The molecule has 2 aromatic heterocycles. The zero-order valence-corrected chi connectivity index (χ0v) is 11.9. The highest BCUT2D eigenvalue weighted by Crippen LogP contribution is 2.17. The maximum absolute atomic E-state index is 12.0. The van der Waals surface area contributed by atoms with Crippen LogP contribution in [0.15, 0.2) is 23.1 Å². The van der Waals surface area contributed by atoms with Crippen molar-refractivity contribution in [3.8, 4) is 0 Å². The molecule has 2 N–H and O–H groups in total. The minimum Gasteiger partial charge on any atom is -0.318 e. The number of amides is 1. The van der Waals surface area contributed by atoms with Gasteiger partial charge in [-0.1, -0.05) is 20.8 Å². The van der Waals surface area contributed by atoms with Crippen LogP contribution in [-0.4, -0.2) is 25.7 Å². The topological polar surface area (TPSA) is 92.7 Å². The summed E-state index contributed by atoms with van der Waals surface area (Å²) in [6, 6.07) is 2.92. The van der Waals surface area contributed by atoms with E-state index in [1.54, 1.807) is 7.05 Å². The summed E-state index contributed by atoms with van der Waals surface area (Å²) in [5, 5.41) is 9.31. The van der Waals surface area contributed by atoms with E-state index in [1.165, 1.54) is 22.9 Å². The van der Waals surface area contributed by atoms with E-state index < -0.39 is 5.91 Å². The van der Waals surface area contributed by atoms with E-state index in [-0.39, 0.29) is 16.8 Å². The highest BCUT2D eigenvalue weighted by Gasteiger charge is 2.21. The fraction of sp³-hybridized carbons (Fsp3) is 0.385. The van der Waals surface area contributed by atoms with Crippen molar-refractivity contribution in [2.75, 3.05) is 5.32 Å². The first-order chi connectivity index (χ1) is 9.27. The fourth-order valence-corrected chi connectivity index (χ4v) is 1.55. The quantitative estimate of drug-likeness (QED) is 0.856. The van der Waals surface area contributed by atoms with Gasteiger partial charge in [0.2, 0.25) is 11.4 Å². The summed E-state index contributed by atoms with van der Waals surface area (Å²) >= 11 is 0. The zero-order valence-electron chi connectivity index (χ0n) is 11.9. The zero-order chi connectivity index (χ0) is 14.9. The predicted molar refractivity (Wildman–Crippen MR) is 74.7 cm³/mol. The van der Waals surface area contributed by atoms with E-state index in [9.17, 15) is 9.59 Å². The summed E-state index contributed by atoms with van der Waals surface area (Å²) < 4.78 is 1.38. The number of aromatic nitrogens is 4. The number of aryl methyl sites for hydroxylation is 1. The smallest absolute Gasteiger partial charge is 0.295 e. The molecule has 106 valence electrons. The van der Waals surface area contributed by atoms with Gasteiger partial charge in [0, 0.05) is 24.7 Å². The van der Waals surface area contributed by atoms with E-state index >= 15 is 0 Å². The SMILES string of the molecule is Cn1cc(NC(=O)c2n[nH]c(C(C)(C)C)n2)ccc1=O. The number of hydrogen-bond donors (Lipinski definition) is 2. The van der Waals surface area contributed by atoms with Crippen LogP contribution in [-0.2, 0) is 12.5 Å².